The lowest BCUT2D eigenvalue weighted by Gasteiger charge is -2.27. The Morgan fingerprint density at radius 1 is 0.900 bits per heavy atom. The molecule has 0 atom stereocenters. The Morgan fingerprint density at radius 3 is 2.30 bits per heavy atom. The number of hydrogen-bond donors (Lipinski definition) is 1. The Kier molecular flexibility index (Phi) is 7.72. The van der Waals surface area contributed by atoms with E-state index in [-0.39, 0.29) is 21.3 Å². The Balaban J connectivity index is 1.41. The molecule has 1 saturated heterocycles. The van der Waals surface area contributed by atoms with Crippen molar-refractivity contribution in [3.63, 3.8) is 0 Å². The molecule has 0 radical (unpaired) electrons. The maximum atomic E-state index is 13.4. The number of aryl methyl sites for hydroxylation is 1. The molecule has 4 amide bonds. The van der Waals surface area contributed by atoms with Crippen LogP contribution in [0.15, 0.2) is 78.4 Å². The van der Waals surface area contributed by atoms with Crippen molar-refractivity contribution in [2.75, 3.05) is 4.90 Å². The number of hydrogen-bond acceptors (Lipinski definition) is 4. The standard InChI is InChI=1S/C30H22Cl3N3O4/c1-17-14-20(15-24-28(37)34-30(39)36(29(24)38)26-5-3-4-25(32)27(26)33)18(2)35(17)22-10-12-23(13-11-22)40-16-19-6-8-21(31)9-7-19/h3-15H,16H2,1-2H3,(H,34,37,39)/b24-15+. The number of nitrogens with one attached hydrogen (secondary N) is 1. The van der Waals surface area contributed by atoms with Gasteiger partial charge in [-0.3, -0.25) is 14.9 Å². The summed E-state index contributed by atoms with van der Waals surface area (Å²) in [5, 5.41) is 3.08. The Hall–Kier alpha value is -4.04. The largest absolute Gasteiger partial charge is 0.489 e. The third kappa shape index (κ3) is 5.36. The van der Waals surface area contributed by atoms with E-state index < -0.39 is 17.8 Å². The van der Waals surface area contributed by atoms with E-state index in [1.807, 2.05) is 73.0 Å². The number of urea groups is 1. The summed E-state index contributed by atoms with van der Waals surface area (Å²) in [6.07, 6.45) is 1.47. The van der Waals surface area contributed by atoms with Gasteiger partial charge >= 0.3 is 6.03 Å². The SMILES string of the molecule is Cc1cc(/C=C2\C(=O)NC(=O)N(c3cccc(Cl)c3Cl)C2=O)c(C)n1-c1ccc(OCc2ccc(Cl)cc2)cc1. The van der Waals surface area contributed by atoms with Gasteiger partial charge in [0.05, 0.1) is 15.7 Å². The smallest absolute Gasteiger partial charge is 0.336 e. The van der Waals surface area contributed by atoms with E-state index in [4.69, 9.17) is 39.5 Å². The summed E-state index contributed by atoms with van der Waals surface area (Å²) in [4.78, 5) is 39.4. The second kappa shape index (κ2) is 11.2. The minimum absolute atomic E-state index is 0.0279. The van der Waals surface area contributed by atoms with E-state index in [0.29, 0.717) is 22.9 Å². The molecule has 2 heterocycles. The zero-order valence-corrected chi connectivity index (χ0v) is 23.6. The number of carbonyl (C=O) groups excluding carboxylic acids is 3. The van der Waals surface area contributed by atoms with Crippen molar-refractivity contribution in [2.24, 2.45) is 0 Å². The number of halogens is 3. The maximum Gasteiger partial charge on any atom is 0.336 e. The summed E-state index contributed by atoms with van der Waals surface area (Å²) >= 11 is 18.3. The van der Waals surface area contributed by atoms with E-state index in [0.717, 1.165) is 27.5 Å². The van der Waals surface area contributed by atoms with Gasteiger partial charge in [-0.1, -0.05) is 53.0 Å². The lowest BCUT2D eigenvalue weighted by Crippen LogP contribution is -2.54. The predicted molar refractivity (Wildman–Crippen MR) is 156 cm³/mol. The zero-order valence-electron chi connectivity index (χ0n) is 21.4. The van der Waals surface area contributed by atoms with Gasteiger partial charge in [0, 0.05) is 22.1 Å². The summed E-state index contributed by atoms with van der Waals surface area (Å²) in [6, 6.07) is 20.6. The zero-order chi connectivity index (χ0) is 28.6. The van der Waals surface area contributed by atoms with Crippen molar-refractivity contribution in [3.05, 3.63) is 116 Å². The Labute approximate surface area is 245 Å². The number of amides is 4. The van der Waals surface area contributed by atoms with E-state index in [1.54, 1.807) is 6.07 Å². The first kappa shape index (κ1) is 27.5. The molecule has 10 heteroatoms. The molecule has 3 aromatic carbocycles. The number of barbiturate groups is 1. The van der Waals surface area contributed by atoms with E-state index in [9.17, 15) is 14.4 Å². The first-order valence-electron chi connectivity index (χ1n) is 12.2. The molecule has 0 aliphatic carbocycles. The van der Waals surface area contributed by atoms with Gasteiger partial charge in [-0.05, 0) is 85.6 Å². The van der Waals surface area contributed by atoms with E-state index >= 15 is 0 Å². The predicted octanol–water partition coefficient (Wildman–Crippen LogP) is 7.30. The second-order valence-electron chi connectivity index (χ2n) is 9.10. The first-order valence-corrected chi connectivity index (χ1v) is 13.3. The number of benzene rings is 3. The monoisotopic (exact) mass is 593 g/mol. The van der Waals surface area contributed by atoms with Crippen molar-refractivity contribution in [1.29, 1.82) is 0 Å². The third-order valence-electron chi connectivity index (χ3n) is 6.46. The van der Waals surface area contributed by atoms with Gasteiger partial charge in [0.25, 0.3) is 11.8 Å². The molecule has 1 N–H and O–H groups in total. The lowest BCUT2D eigenvalue weighted by molar-refractivity contribution is -0.122. The molecule has 0 spiro atoms. The van der Waals surface area contributed by atoms with Crippen molar-refractivity contribution < 1.29 is 19.1 Å². The van der Waals surface area contributed by atoms with Gasteiger partial charge in [-0.2, -0.15) is 0 Å². The number of rotatable bonds is 6. The van der Waals surface area contributed by atoms with Gasteiger partial charge in [-0.25, -0.2) is 9.69 Å². The van der Waals surface area contributed by atoms with E-state index in [2.05, 4.69) is 5.32 Å². The Bertz CT molecular complexity index is 1680. The van der Waals surface area contributed by atoms with Crippen LogP contribution in [0.3, 0.4) is 0 Å². The normalized spacial score (nSPS) is 14.6. The molecule has 40 heavy (non-hydrogen) atoms. The molecule has 1 aliphatic heterocycles. The summed E-state index contributed by atoms with van der Waals surface area (Å²) < 4.78 is 7.89. The molecule has 0 saturated carbocycles. The summed E-state index contributed by atoms with van der Waals surface area (Å²) in [5.74, 6) is -0.890. The van der Waals surface area contributed by atoms with Crippen LogP contribution in [-0.2, 0) is 16.2 Å². The molecular formula is C30H22Cl3N3O4. The molecule has 5 rings (SSSR count). The quantitative estimate of drug-likeness (QED) is 0.188. The number of anilines is 1. The average Bonchev–Trinajstić information content (AvgIpc) is 3.21. The second-order valence-corrected chi connectivity index (χ2v) is 10.3. The molecule has 4 aromatic rings. The fourth-order valence-corrected chi connectivity index (χ4v) is 4.97. The van der Waals surface area contributed by atoms with Gasteiger partial charge in [0.2, 0.25) is 0 Å². The van der Waals surface area contributed by atoms with Crippen LogP contribution in [0.5, 0.6) is 5.75 Å². The highest BCUT2D eigenvalue weighted by molar-refractivity contribution is 6.46. The van der Waals surface area contributed by atoms with Crippen LogP contribution < -0.4 is 15.0 Å². The Morgan fingerprint density at radius 2 is 1.60 bits per heavy atom. The van der Waals surface area contributed by atoms with Crippen molar-refractivity contribution in [2.45, 2.75) is 20.5 Å². The van der Waals surface area contributed by atoms with Crippen molar-refractivity contribution >= 4 is 64.4 Å². The molecular weight excluding hydrogens is 573 g/mol. The molecule has 1 aromatic heterocycles. The molecule has 1 fully saturated rings. The van der Waals surface area contributed by atoms with Crippen LogP contribution in [0.2, 0.25) is 15.1 Å². The molecule has 1 aliphatic rings. The van der Waals surface area contributed by atoms with Crippen LogP contribution in [0.4, 0.5) is 10.5 Å². The van der Waals surface area contributed by atoms with Crippen LogP contribution in [0, 0.1) is 13.8 Å². The third-order valence-corrected chi connectivity index (χ3v) is 7.52. The van der Waals surface area contributed by atoms with Crippen molar-refractivity contribution in [3.8, 4) is 11.4 Å². The number of ether oxygens (including phenoxy) is 1. The highest BCUT2D eigenvalue weighted by Crippen LogP contribution is 2.34. The van der Waals surface area contributed by atoms with Gasteiger partial charge in [-0.15, -0.1) is 0 Å². The maximum absolute atomic E-state index is 13.4. The molecule has 0 unspecified atom stereocenters. The van der Waals surface area contributed by atoms with Crippen LogP contribution in [0.1, 0.15) is 22.5 Å². The number of carbonyl (C=O) groups is 3. The highest BCUT2D eigenvalue weighted by atomic mass is 35.5. The van der Waals surface area contributed by atoms with Gasteiger partial charge < -0.3 is 9.30 Å². The fraction of sp³-hybridized carbons (Fsp3) is 0.100. The highest BCUT2D eigenvalue weighted by Gasteiger charge is 2.38. The van der Waals surface area contributed by atoms with E-state index in [1.165, 1.54) is 18.2 Å². The van der Waals surface area contributed by atoms with Gasteiger partial charge in [0.15, 0.2) is 0 Å². The van der Waals surface area contributed by atoms with Crippen LogP contribution in [0.25, 0.3) is 11.8 Å². The summed E-state index contributed by atoms with van der Waals surface area (Å²) in [5.41, 5.74) is 4.08. The molecule has 7 nitrogen and oxygen atoms in total. The van der Waals surface area contributed by atoms with Crippen molar-refractivity contribution in [1.82, 2.24) is 9.88 Å². The minimum atomic E-state index is -0.903. The fourth-order valence-electron chi connectivity index (χ4n) is 4.47. The topological polar surface area (TPSA) is 80.6 Å². The lowest BCUT2D eigenvalue weighted by atomic mass is 10.1. The van der Waals surface area contributed by atoms with Gasteiger partial charge in [0.1, 0.15) is 17.9 Å². The van der Waals surface area contributed by atoms with Crippen LogP contribution in [-0.4, -0.2) is 22.4 Å². The first-order chi connectivity index (χ1) is 19.1. The molecule has 202 valence electrons. The number of aromatic nitrogens is 1. The average molecular weight is 595 g/mol. The molecule has 0 bridgehead atoms. The number of nitrogens with zero attached hydrogens (tertiary/aromatic N) is 2. The van der Waals surface area contributed by atoms with Crippen LogP contribution >= 0.6 is 34.8 Å². The summed E-state index contributed by atoms with van der Waals surface area (Å²) in [6.45, 7) is 4.21. The summed E-state index contributed by atoms with van der Waals surface area (Å²) in [7, 11) is 0. The minimum Gasteiger partial charge on any atom is -0.489 e. The number of imide groups is 2.